The zero-order valence-electron chi connectivity index (χ0n) is 29.2. The Bertz CT molecular complexity index is 1130. The van der Waals surface area contributed by atoms with E-state index in [4.69, 9.17) is 9.47 Å². The number of aliphatic hydroxyl groups excluding tert-OH is 4. The van der Waals surface area contributed by atoms with E-state index >= 15 is 0 Å². The van der Waals surface area contributed by atoms with E-state index in [2.05, 4.69) is 33.0 Å². The van der Waals surface area contributed by atoms with Crippen molar-refractivity contribution in [2.24, 2.45) is 58.2 Å². The van der Waals surface area contributed by atoms with E-state index in [-0.39, 0.29) is 46.9 Å². The number of carbonyl (C=O) groups is 3. The first-order valence-electron chi connectivity index (χ1n) is 18.5. The molecule has 4 saturated carbocycles. The molecule has 1 heterocycles. The summed E-state index contributed by atoms with van der Waals surface area (Å²) in [7, 11) is 0. The molecule has 1 aliphatic heterocycles. The molecule has 0 aromatic carbocycles. The van der Waals surface area contributed by atoms with E-state index in [0.29, 0.717) is 48.4 Å². The molecule has 10 nitrogen and oxygen atoms in total. The van der Waals surface area contributed by atoms with Gasteiger partial charge >= 0.3 is 5.97 Å². The van der Waals surface area contributed by atoms with Crippen LogP contribution in [0.2, 0.25) is 0 Å². The fourth-order valence-corrected chi connectivity index (χ4v) is 11.2. The molecule has 15 atom stereocenters. The van der Waals surface area contributed by atoms with E-state index in [0.717, 1.165) is 44.9 Å². The van der Waals surface area contributed by atoms with Crippen LogP contribution in [0.4, 0.5) is 0 Å². The van der Waals surface area contributed by atoms with Crippen molar-refractivity contribution in [2.75, 3.05) is 13.2 Å². The summed E-state index contributed by atoms with van der Waals surface area (Å²) in [5.41, 5.74) is 0.286. The molecule has 5 N–H and O–H groups in total. The summed E-state index contributed by atoms with van der Waals surface area (Å²) in [5.74, 6) is 2.88. The van der Waals surface area contributed by atoms with Crippen molar-refractivity contribution in [3.8, 4) is 0 Å². The molecule has 0 aromatic heterocycles. The average molecular weight is 664 g/mol. The highest BCUT2D eigenvalue weighted by Crippen LogP contribution is 2.68. The highest BCUT2D eigenvalue weighted by molar-refractivity contribution is 5.83. The molecule has 0 spiro atoms. The van der Waals surface area contributed by atoms with Gasteiger partial charge in [0.05, 0.1) is 13.2 Å². The van der Waals surface area contributed by atoms with E-state index in [1.807, 2.05) is 0 Å². The van der Waals surface area contributed by atoms with Gasteiger partial charge in [-0.05, 0) is 104 Å². The van der Waals surface area contributed by atoms with Gasteiger partial charge < -0.3 is 35.2 Å². The average Bonchev–Trinajstić information content (AvgIpc) is 3.38. The number of fused-ring (bicyclic) bond motifs is 5. The molecule has 47 heavy (non-hydrogen) atoms. The molecule has 5 fully saturated rings. The first-order valence-corrected chi connectivity index (χ1v) is 18.5. The molecule has 1 unspecified atom stereocenters. The van der Waals surface area contributed by atoms with Crippen LogP contribution in [0.5, 0.6) is 0 Å². The molecule has 5 aliphatic rings. The van der Waals surface area contributed by atoms with Crippen molar-refractivity contribution in [1.29, 1.82) is 0 Å². The van der Waals surface area contributed by atoms with Gasteiger partial charge in [0.2, 0.25) is 5.91 Å². The lowest BCUT2D eigenvalue weighted by molar-refractivity contribution is -0.236. The lowest BCUT2D eigenvalue weighted by atomic mass is 9.43. The Morgan fingerprint density at radius 3 is 2.38 bits per heavy atom. The van der Waals surface area contributed by atoms with Crippen LogP contribution in [0.25, 0.3) is 0 Å². The number of rotatable bonds is 11. The van der Waals surface area contributed by atoms with Crippen LogP contribution in [-0.4, -0.2) is 81.9 Å². The monoisotopic (exact) mass is 663 g/mol. The summed E-state index contributed by atoms with van der Waals surface area (Å²) < 4.78 is 10.7. The first-order chi connectivity index (χ1) is 22.2. The molecule has 0 radical (unpaired) electrons. The van der Waals surface area contributed by atoms with E-state index in [1.54, 1.807) is 0 Å². The van der Waals surface area contributed by atoms with Crippen molar-refractivity contribution >= 4 is 17.7 Å². The normalized spacial score (nSPS) is 44.4. The number of aliphatic hydroxyl groups is 4. The van der Waals surface area contributed by atoms with Crippen LogP contribution in [0.3, 0.4) is 0 Å². The minimum Gasteiger partial charge on any atom is -0.466 e. The Labute approximate surface area is 280 Å². The second kappa shape index (κ2) is 14.7. The van der Waals surface area contributed by atoms with E-state index in [1.165, 1.54) is 26.2 Å². The number of Topliss-reactive ketones (excluding diaryl/α,β-unsaturated/α-hetero) is 1. The third-order valence-corrected chi connectivity index (χ3v) is 13.9. The number of esters is 1. The summed E-state index contributed by atoms with van der Waals surface area (Å²) in [5, 5.41) is 42.6. The van der Waals surface area contributed by atoms with Gasteiger partial charge in [-0.3, -0.25) is 14.4 Å². The molecule has 0 bridgehead atoms. The van der Waals surface area contributed by atoms with Crippen LogP contribution >= 0.6 is 0 Å². The van der Waals surface area contributed by atoms with Crippen LogP contribution in [0.1, 0.15) is 112 Å². The zero-order chi connectivity index (χ0) is 34.3. The zero-order valence-corrected chi connectivity index (χ0v) is 29.2. The van der Waals surface area contributed by atoms with Gasteiger partial charge in [-0.2, -0.15) is 0 Å². The van der Waals surface area contributed by atoms with Gasteiger partial charge in [0.25, 0.3) is 0 Å². The van der Waals surface area contributed by atoms with Crippen LogP contribution in [-0.2, 0) is 23.9 Å². The third-order valence-electron chi connectivity index (χ3n) is 13.9. The molecular formula is C37H61NO9. The minimum atomic E-state index is -1.53. The molecule has 5 rings (SSSR count). The van der Waals surface area contributed by atoms with Crippen molar-refractivity contribution in [3.05, 3.63) is 0 Å². The summed E-state index contributed by atoms with van der Waals surface area (Å²) >= 11 is 0. The van der Waals surface area contributed by atoms with Gasteiger partial charge in [0.15, 0.2) is 6.23 Å². The van der Waals surface area contributed by atoms with Gasteiger partial charge in [-0.15, -0.1) is 0 Å². The van der Waals surface area contributed by atoms with Gasteiger partial charge in [-0.25, -0.2) is 0 Å². The maximum atomic E-state index is 14.1. The largest absolute Gasteiger partial charge is 0.466 e. The fraction of sp³-hybridized carbons (Fsp3) is 0.919. The summed E-state index contributed by atoms with van der Waals surface area (Å²) in [4.78, 5) is 38.3. The van der Waals surface area contributed by atoms with Crippen molar-refractivity contribution < 1.29 is 44.3 Å². The summed E-state index contributed by atoms with van der Waals surface area (Å²) in [6.45, 7) is 10.9. The van der Waals surface area contributed by atoms with E-state index in [9.17, 15) is 34.8 Å². The number of amides is 1. The van der Waals surface area contributed by atoms with E-state index < -0.39 is 37.3 Å². The van der Waals surface area contributed by atoms with Gasteiger partial charge in [-0.1, -0.05) is 40.5 Å². The molecule has 4 aliphatic carbocycles. The number of ketones is 1. The molecule has 0 aromatic rings. The number of nitrogens with one attached hydrogen (secondary N) is 1. The predicted octanol–water partition coefficient (Wildman–Crippen LogP) is 3.75. The Balaban J connectivity index is 1.16. The Hall–Kier alpha value is -1.59. The second-order valence-electron chi connectivity index (χ2n) is 16.8. The van der Waals surface area contributed by atoms with Gasteiger partial charge in [0.1, 0.15) is 30.2 Å². The smallest absolute Gasteiger partial charge is 0.302 e. The number of hydrogen-bond acceptors (Lipinski definition) is 9. The maximum Gasteiger partial charge on any atom is 0.302 e. The quantitative estimate of drug-likeness (QED) is 0.207. The Morgan fingerprint density at radius 2 is 1.68 bits per heavy atom. The van der Waals surface area contributed by atoms with Crippen LogP contribution in [0.15, 0.2) is 0 Å². The van der Waals surface area contributed by atoms with Crippen molar-refractivity contribution in [2.45, 2.75) is 142 Å². The molecular weight excluding hydrogens is 602 g/mol. The molecule has 1 saturated heterocycles. The highest BCUT2D eigenvalue weighted by Gasteiger charge is 2.63. The number of carbonyl (C=O) groups excluding carboxylic acids is 3. The lowest BCUT2D eigenvalue weighted by Gasteiger charge is -2.60. The Morgan fingerprint density at radius 1 is 0.979 bits per heavy atom. The predicted molar refractivity (Wildman–Crippen MR) is 174 cm³/mol. The summed E-state index contributed by atoms with van der Waals surface area (Å²) in [6, 6.07) is 0. The summed E-state index contributed by atoms with van der Waals surface area (Å²) in [6.07, 6.45) is 4.76. The lowest BCUT2D eigenvalue weighted by Crippen LogP contribution is -2.63. The SMILES string of the molecule is CC(=O)OC[C@H](C)CCC[C@@H](C)[C@H]1CC[C@H]2[C@@H]3C(=O)C[C@@H]4CC(CC(=O)N[C@@H]5O[C@H](CO)[C@@H](O)[C@H](O)[C@H]5O)CC[C@]4(C)[C@H]3CC[C@]12C. The number of ether oxygens (including phenoxy) is 2. The minimum absolute atomic E-state index is 0.0892. The standard InChI is InChI=1S/C37H61NO9/c1-20(19-46-22(3)40)7-6-8-21(2)25-9-10-26-31-27(12-14-37(25,26)5)36(4)13-11-23(15-24(36)17-28(31)41)16-30(42)38-35-34(45)33(44)32(43)29(18-39)47-35/h20-21,23-27,29,31-35,39,43-45H,6-19H2,1-5H3,(H,38,42)/t20-,21-,23?,24+,25-,26+,27+,29-,31+,32-,33+,34-,35-,36+,37-/m1/s1. The number of hydrogen-bond donors (Lipinski definition) is 5. The van der Waals surface area contributed by atoms with Gasteiger partial charge in [0, 0.05) is 25.7 Å². The fourth-order valence-electron chi connectivity index (χ4n) is 11.2. The van der Waals surface area contributed by atoms with Crippen molar-refractivity contribution in [1.82, 2.24) is 5.32 Å². The third kappa shape index (κ3) is 7.33. The Kier molecular flexibility index (Phi) is 11.5. The van der Waals surface area contributed by atoms with Crippen LogP contribution < -0.4 is 5.32 Å². The molecule has 1 amide bonds. The highest BCUT2D eigenvalue weighted by atomic mass is 16.6. The molecule has 10 heteroatoms. The van der Waals surface area contributed by atoms with Crippen LogP contribution in [0, 0.1) is 58.2 Å². The topological polar surface area (TPSA) is 163 Å². The first kappa shape index (κ1) is 36.7. The second-order valence-corrected chi connectivity index (χ2v) is 16.8. The maximum absolute atomic E-state index is 14.1. The molecule has 268 valence electrons. The van der Waals surface area contributed by atoms with Crippen molar-refractivity contribution in [3.63, 3.8) is 0 Å².